The maximum atomic E-state index is 12.5. The molecular weight excluding hydrogens is 284 g/mol. The van der Waals surface area contributed by atoms with Crippen LogP contribution in [0, 0.1) is 0 Å². The van der Waals surface area contributed by atoms with Crippen LogP contribution in [0.1, 0.15) is 25.1 Å². The van der Waals surface area contributed by atoms with Gasteiger partial charge in [0.1, 0.15) is 0 Å². The monoisotopic (exact) mass is 304 g/mol. The molecule has 0 radical (unpaired) electrons. The van der Waals surface area contributed by atoms with Crippen LogP contribution in [0.4, 0.5) is 0 Å². The molecule has 2 atom stereocenters. The molecule has 2 unspecified atom stereocenters. The Morgan fingerprint density at radius 2 is 2.32 bits per heavy atom. The van der Waals surface area contributed by atoms with Gasteiger partial charge < -0.3 is 10.1 Å². The summed E-state index contributed by atoms with van der Waals surface area (Å²) in [6.07, 6.45) is 0.576. The van der Waals surface area contributed by atoms with E-state index in [1.165, 1.54) is 11.3 Å². The van der Waals surface area contributed by atoms with E-state index in [0.717, 1.165) is 4.88 Å². The fourth-order valence-corrected chi connectivity index (χ4v) is 5.14. The van der Waals surface area contributed by atoms with Gasteiger partial charge in [-0.1, -0.05) is 0 Å². The number of hydrogen-bond acceptors (Lipinski definition) is 5. The summed E-state index contributed by atoms with van der Waals surface area (Å²) in [7, 11) is -1.70. The van der Waals surface area contributed by atoms with Crippen LogP contribution in [0.25, 0.3) is 0 Å². The highest BCUT2D eigenvalue weighted by Gasteiger charge is 2.41. The van der Waals surface area contributed by atoms with Crippen LogP contribution in [-0.4, -0.2) is 33.7 Å². The lowest BCUT2D eigenvalue weighted by Crippen LogP contribution is -2.50. The van der Waals surface area contributed by atoms with Crippen LogP contribution in [0.15, 0.2) is 16.3 Å². The maximum Gasteiger partial charge on any atom is 0.242 e. The van der Waals surface area contributed by atoms with Gasteiger partial charge in [0.05, 0.1) is 16.5 Å². The minimum atomic E-state index is -3.50. The Kier molecular flexibility index (Phi) is 4.32. The van der Waals surface area contributed by atoms with Gasteiger partial charge in [-0.05, 0) is 38.8 Å². The smallest absolute Gasteiger partial charge is 0.242 e. The molecule has 0 aliphatic carbocycles. The summed E-state index contributed by atoms with van der Waals surface area (Å²) < 4.78 is 33.3. The van der Waals surface area contributed by atoms with Gasteiger partial charge in [0.2, 0.25) is 10.0 Å². The van der Waals surface area contributed by atoms with E-state index >= 15 is 0 Å². The lowest BCUT2D eigenvalue weighted by Gasteiger charge is -2.28. The molecule has 1 aliphatic rings. The minimum absolute atomic E-state index is 0.117. The van der Waals surface area contributed by atoms with Crippen molar-refractivity contribution in [2.45, 2.75) is 43.4 Å². The van der Waals surface area contributed by atoms with Crippen molar-refractivity contribution < 1.29 is 13.2 Å². The van der Waals surface area contributed by atoms with Crippen molar-refractivity contribution in [3.05, 3.63) is 16.3 Å². The average Bonchev–Trinajstić information content (AvgIpc) is 2.88. The van der Waals surface area contributed by atoms with E-state index in [0.29, 0.717) is 24.5 Å². The first-order chi connectivity index (χ1) is 8.89. The van der Waals surface area contributed by atoms with E-state index in [1.807, 2.05) is 13.8 Å². The number of ether oxygens (including phenoxy) is 1. The van der Waals surface area contributed by atoms with Crippen molar-refractivity contribution in [2.75, 3.05) is 13.7 Å². The van der Waals surface area contributed by atoms with E-state index in [9.17, 15) is 8.42 Å². The quantitative estimate of drug-likeness (QED) is 0.861. The third-order valence-electron chi connectivity index (χ3n) is 3.59. The first-order valence-corrected chi connectivity index (χ1v) is 8.62. The first-order valence-electron chi connectivity index (χ1n) is 6.25. The van der Waals surface area contributed by atoms with Crippen molar-refractivity contribution in [3.8, 4) is 0 Å². The third kappa shape index (κ3) is 3.00. The molecule has 2 rings (SSSR count). The highest BCUT2D eigenvalue weighted by molar-refractivity contribution is 7.89. The molecule has 0 saturated carbocycles. The lowest BCUT2D eigenvalue weighted by atomic mass is 9.97. The van der Waals surface area contributed by atoms with E-state index in [2.05, 4.69) is 10.0 Å². The molecule has 1 aromatic rings. The average molecular weight is 304 g/mol. The van der Waals surface area contributed by atoms with Crippen molar-refractivity contribution in [1.82, 2.24) is 10.0 Å². The van der Waals surface area contributed by atoms with Crippen LogP contribution in [0.3, 0.4) is 0 Å². The summed E-state index contributed by atoms with van der Waals surface area (Å²) in [5.41, 5.74) is -0.530. The molecule has 1 fully saturated rings. The predicted octanol–water partition coefficient (Wildman–Crippen LogP) is 1.31. The lowest BCUT2D eigenvalue weighted by molar-refractivity contribution is 0.0957. The minimum Gasteiger partial charge on any atom is -0.376 e. The number of rotatable bonds is 5. The van der Waals surface area contributed by atoms with E-state index in [4.69, 9.17) is 4.74 Å². The van der Waals surface area contributed by atoms with Crippen LogP contribution in [0.5, 0.6) is 0 Å². The van der Waals surface area contributed by atoms with Crippen molar-refractivity contribution in [1.29, 1.82) is 0 Å². The Balaban J connectivity index is 2.25. The fraction of sp³-hybridized carbons (Fsp3) is 0.667. The Bertz CT molecular complexity index is 541. The summed E-state index contributed by atoms with van der Waals surface area (Å²) in [6.45, 7) is 4.94. The van der Waals surface area contributed by atoms with Gasteiger partial charge in [-0.2, -0.15) is 0 Å². The Morgan fingerprint density at radius 1 is 1.58 bits per heavy atom. The molecule has 0 bridgehead atoms. The zero-order chi connectivity index (χ0) is 14.1. The molecule has 2 N–H and O–H groups in total. The summed E-state index contributed by atoms with van der Waals surface area (Å²) in [6, 6.07) is 1.66. The predicted molar refractivity (Wildman–Crippen MR) is 75.8 cm³/mol. The zero-order valence-electron chi connectivity index (χ0n) is 11.4. The molecule has 2 heterocycles. The molecule has 19 heavy (non-hydrogen) atoms. The van der Waals surface area contributed by atoms with Crippen molar-refractivity contribution in [2.24, 2.45) is 0 Å². The van der Waals surface area contributed by atoms with Crippen molar-refractivity contribution >= 4 is 21.4 Å². The summed E-state index contributed by atoms with van der Waals surface area (Å²) in [5.74, 6) is 0. The van der Waals surface area contributed by atoms with Gasteiger partial charge in [-0.3, -0.25) is 0 Å². The largest absolute Gasteiger partial charge is 0.376 e. The molecule has 108 valence electrons. The summed E-state index contributed by atoms with van der Waals surface area (Å²) >= 11 is 1.45. The molecule has 0 aromatic carbocycles. The molecule has 1 saturated heterocycles. The number of thiophene rings is 1. The zero-order valence-corrected chi connectivity index (χ0v) is 13.0. The first kappa shape index (κ1) is 14.9. The summed E-state index contributed by atoms with van der Waals surface area (Å²) in [5, 5.41) is 4.79. The number of nitrogens with one attached hydrogen (secondary N) is 2. The van der Waals surface area contributed by atoms with Gasteiger partial charge in [-0.25, -0.2) is 13.1 Å². The van der Waals surface area contributed by atoms with Gasteiger partial charge >= 0.3 is 0 Å². The summed E-state index contributed by atoms with van der Waals surface area (Å²) in [4.78, 5) is 1.19. The normalized spacial score (nSPS) is 27.8. The molecule has 7 heteroatoms. The molecule has 1 aromatic heterocycles. The number of hydrogen-bond donors (Lipinski definition) is 2. The van der Waals surface area contributed by atoms with E-state index in [1.54, 1.807) is 18.5 Å². The van der Waals surface area contributed by atoms with Crippen LogP contribution in [-0.2, 0) is 21.3 Å². The van der Waals surface area contributed by atoms with Gasteiger partial charge in [-0.15, -0.1) is 11.3 Å². The van der Waals surface area contributed by atoms with Crippen LogP contribution in [0.2, 0.25) is 0 Å². The van der Waals surface area contributed by atoms with E-state index in [-0.39, 0.29) is 6.10 Å². The highest BCUT2D eigenvalue weighted by Crippen LogP contribution is 2.29. The number of sulfonamides is 1. The van der Waals surface area contributed by atoms with E-state index < -0.39 is 15.6 Å². The molecule has 5 nitrogen and oxygen atoms in total. The second-order valence-corrected chi connectivity index (χ2v) is 7.68. The topological polar surface area (TPSA) is 67.4 Å². The van der Waals surface area contributed by atoms with Gasteiger partial charge in [0, 0.05) is 18.0 Å². The van der Waals surface area contributed by atoms with Gasteiger partial charge in [0.25, 0.3) is 0 Å². The maximum absolute atomic E-state index is 12.5. The standard InChI is InChI=1S/C12H20N2O3S2/c1-9-12(2,5-6-17-9)14-19(15,16)11-4-7-18-10(11)8-13-3/h4,7,9,13-14H,5-6,8H2,1-3H3. The second kappa shape index (κ2) is 5.49. The van der Waals surface area contributed by atoms with Crippen LogP contribution >= 0.6 is 11.3 Å². The van der Waals surface area contributed by atoms with Gasteiger partial charge in [0.15, 0.2) is 0 Å². The molecule has 1 aliphatic heterocycles. The molecular formula is C12H20N2O3S2. The third-order valence-corrected chi connectivity index (χ3v) is 6.33. The Labute approximate surface area is 118 Å². The second-order valence-electron chi connectivity index (χ2n) is 5.02. The Hall–Kier alpha value is -0.470. The fourth-order valence-electron chi connectivity index (χ4n) is 2.19. The van der Waals surface area contributed by atoms with Crippen molar-refractivity contribution in [3.63, 3.8) is 0 Å². The highest BCUT2D eigenvalue weighted by atomic mass is 32.2. The SMILES string of the molecule is CNCc1sccc1S(=O)(=O)NC1(C)CCOC1C. The Morgan fingerprint density at radius 3 is 2.89 bits per heavy atom. The van der Waals surface area contributed by atoms with Crippen LogP contribution < -0.4 is 10.0 Å². The molecule has 0 amide bonds. The molecule has 0 spiro atoms.